The van der Waals surface area contributed by atoms with Gasteiger partial charge in [0.15, 0.2) is 0 Å². The highest BCUT2D eigenvalue weighted by molar-refractivity contribution is 6.03. The van der Waals surface area contributed by atoms with Crippen LogP contribution in [-0.4, -0.2) is 27.7 Å². The zero-order valence-electron chi connectivity index (χ0n) is 16.0. The van der Waals surface area contributed by atoms with Crippen LogP contribution in [0.3, 0.4) is 0 Å². The van der Waals surface area contributed by atoms with Crippen LogP contribution in [0, 0.1) is 10.1 Å². The smallest absolute Gasteiger partial charge is 0.271 e. The van der Waals surface area contributed by atoms with Crippen LogP contribution in [0.1, 0.15) is 21.5 Å². The Labute approximate surface area is 173 Å². The van der Waals surface area contributed by atoms with Crippen molar-refractivity contribution in [3.63, 3.8) is 0 Å². The van der Waals surface area contributed by atoms with Gasteiger partial charge in [-0.2, -0.15) is 0 Å². The molecule has 3 aromatic carbocycles. The van der Waals surface area contributed by atoms with Gasteiger partial charge in [0.2, 0.25) is 5.91 Å². The number of carbonyl (C=O) groups is 2. The predicted molar refractivity (Wildman–Crippen MR) is 112 cm³/mol. The highest BCUT2D eigenvalue weighted by Gasteiger charge is 2.36. The van der Waals surface area contributed by atoms with E-state index < -0.39 is 11.0 Å². The molecule has 1 aliphatic heterocycles. The summed E-state index contributed by atoms with van der Waals surface area (Å²) in [5, 5.41) is 13.8. The van der Waals surface area contributed by atoms with Gasteiger partial charge in [0.1, 0.15) is 6.04 Å². The molecule has 30 heavy (non-hydrogen) atoms. The molecule has 7 heteroatoms. The SMILES string of the molecule is O=C(Nc1cccc([N+](=O)[O-])c1)C(Cc1ccccc1)N1Cc2ccccc2C1=O. The Bertz CT molecular complexity index is 1110. The number of nitro benzene ring substituents is 1. The van der Waals surface area contributed by atoms with Crippen molar-refractivity contribution in [2.24, 2.45) is 0 Å². The van der Waals surface area contributed by atoms with Crippen LogP contribution in [0.5, 0.6) is 0 Å². The standard InChI is InChI=1S/C23H19N3O4/c27-22(24-18-10-6-11-19(14-18)26(29)30)21(13-16-7-2-1-3-8-16)25-15-17-9-4-5-12-20(17)23(25)28/h1-12,14,21H,13,15H2,(H,24,27). The second-order valence-corrected chi connectivity index (χ2v) is 7.09. The van der Waals surface area contributed by atoms with E-state index in [1.54, 1.807) is 23.1 Å². The number of hydrogen-bond donors (Lipinski definition) is 1. The fourth-order valence-electron chi connectivity index (χ4n) is 3.63. The van der Waals surface area contributed by atoms with Gasteiger partial charge in [0.05, 0.1) is 4.92 Å². The van der Waals surface area contributed by atoms with Crippen molar-refractivity contribution in [2.75, 3.05) is 5.32 Å². The molecule has 0 saturated carbocycles. The third-order valence-electron chi connectivity index (χ3n) is 5.12. The molecule has 1 unspecified atom stereocenters. The number of fused-ring (bicyclic) bond motifs is 1. The highest BCUT2D eigenvalue weighted by atomic mass is 16.6. The highest BCUT2D eigenvalue weighted by Crippen LogP contribution is 2.27. The number of nitrogens with zero attached hydrogens (tertiary/aromatic N) is 2. The molecule has 0 aliphatic carbocycles. The number of nitro groups is 1. The summed E-state index contributed by atoms with van der Waals surface area (Å²) in [6.45, 7) is 0.342. The van der Waals surface area contributed by atoms with E-state index in [9.17, 15) is 19.7 Å². The number of hydrogen-bond acceptors (Lipinski definition) is 4. The molecule has 0 fully saturated rings. The predicted octanol–water partition coefficient (Wildman–Crippen LogP) is 3.80. The Kier molecular flexibility index (Phi) is 5.26. The summed E-state index contributed by atoms with van der Waals surface area (Å²) in [4.78, 5) is 38.3. The summed E-state index contributed by atoms with van der Waals surface area (Å²) in [5.41, 5.74) is 2.59. The number of carbonyl (C=O) groups excluding carboxylic acids is 2. The minimum absolute atomic E-state index is 0.114. The van der Waals surface area contributed by atoms with Crippen LogP contribution in [-0.2, 0) is 17.8 Å². The summed E-state index contributed by atoms with van der Waals surface area (Å²) < 4.78 is 0. The van der Waals surface area contributed by atoms with Crippen LogP contribution < -0.4 is 5.32 Å². The number of rotatable bonds is 6. The van der Waals surface area contributed by atoms with E-state index in [-0.39, 0.29) is 17.5 Å². The van der Waals surface area contributed by atoms with Crippen molar-refractivity contribution in [2.45, 2.75) is 19.0 Å². The molecule has 0 aromatic heterocycles. The average Bonchev–Trinajstić information content (AvgIpc) is 3.09. The second kappa shape index (κ2) is 8.16. The summed E-state index contributed by atoms with van der Waals surface area (Å²) >= 11 is 0. The number of nitrogens with one attached hydrogen (secondary N) is 1. The first-order chi connectivity index (χ1) is 14.5. The van der Waals surface area contributed by atoms with E-state index in [2.05, 4.69) is 5.32 Å². The van der Waals surface area contributed by atoms with Crippen LogP contribution in [0.2, 0.25) is 0 Å². The lowest BCUT2D eigenvalue weighted by atomic mass is 10.0. The third kappa shape index (κ3) is 3.91. The maximum Gasteiger partial charge on any atom is 0.271 e. The van der Waals surface area contributed by atoms with E-state index in [1.165, 1.54) is 18.2 Å². The van der Waals surface area contributed by atoms with E-state index in [0.717, 1.165) is 11.1 Å². The normalized spacial score (nSPS) is 13.6. The fourth-order valence-corrected chi connectivity index (χ4v) is 3.63. The van der Waals surface area contributed by atoms with Crippen LogP contribution in [0.25, 0.3) is 0 Å². The Hall–Kier alpha value is -4.00. The maximum atomic E-state index is 13.2. The van der Waals surface area contributed by atoms with Crippen LogP contribution in [0.15, 0.2) is 78.9 Å². The maximum absolute atomic E-state index is 13.2. The number of amides is 2. The van der Waals surface area contributed by atoms with Crippen LogP contribution >= 0.6 is 0 Å². The van der Waals surface area contributed by atoms with Crippen molar-refractivity contribution >= 4 is 23.2 Å². The first-order valence-corrected chi connectivity index (χ1v) is 9.51. The monoisotopic (exact) mass is 401 g/mol. The summed E-state index contributed by atoms with van der Waals surface area (Å²) in [7, 11) is 0. The van der Waals surface area contributed by atoms with E-state index >= 15 is 0 Å². The lowest BCUT2D eigenvalue weighted by molar-refractivity contribution is -0.384. The molecule has 1 aliphatic rings. The van der Waals surface area contributed by atoms with Gasteiger partial charge in [-0.1, -0.05) is 54.6 Å². The van der Waals surface area contributed by atoms with Crippen molar-refractivity contribution in [3.05, 3.63) is 106 Å². The molecule has 2 amide bonds. The van der Waals surface area contributed by atoms with Crippen LogP contribution in [0.4, 0.5) is 11.4 Å². The molecular weight excluding hydrogens is 382 g/mol. The number of benzene rings is 3. The Morgan fingerprint density at radius 3 is 2.50 bits per heavy atom. The molecule has 150 valence electrons. The minimum Gasteiger partial charge on any atom is -0.324 e. The van der Waals surface area contributed by atoms with Gasteiger partial charge < -0.3 is 10.2 Å². The van der Waals surface area contributed by atoms with E-state index in [0.29, 0.717) is 24.2 Å². The van der Waals surface area contributed by atoms with Gasteiger partial charge in [-0.15, -0.1) is 0 Å². The molecule has 1 atom stereocenters. The number of non-ortho nitro benzene ring substituents is 1. The molecular formula is C23H19N3O4. The zero-order valence-corrected chi connectivity index (χ0v) is 16.0. The fraction of sp³-hybridized carbons (Fsp3) is 0.130. The van der Waals surface area contributed by atoms with Crippen molar-refractivity contribution in [1.82, 2.24) is 4.90 Å². The first kappa shape index (κ1) is 19.3. The van der Waals surface area contributed by atoms with E-state index in [4.69, 9.17) is 0 Å². The van der Waals surface area contributed by atoms with Gasteiger partial charge in [0, 0.05) is 36.3 Å². The van der Waals surface area contributed by atoms with Gasteiger partial charge >= 0.3 is 0 Å². The molecule has 0 radical (unpaired) electrons. The Balaban J connectivity index is 1.62. The summed E-state index contributed by atoms with van der Waals surface area (Å²) in [5.74, 6) is -0.582. The molecule has 1 N–H and O–H groups in total. The third-order valence-corrected chi connectivity index (χ3v) is 5.12. The van der Waals surface area contributed by atoms with Crippen molar-refractivity contribution in [3.8, 4) is 0 Å². The first-order valence-electron chi connectivity index (χ1n) is 9.51. The quantitative estimate of drug-likeness (QED) is 0.502. The lowest BCUT2D eigenvalue weighted by Gasteiger charge is -2.27. The molecule has 0 bridgehead atoms. The molecule has 0 saturated heterocycles. The minimum atomic E-state index is -0.758. The van der Waals surface area contributed by atoms with Gasteiger partial charge in [-0.3, -0.25) is 19.7 Å². The average molecular weight is 401 g/mol. The lowest BCUT2D eigenvalue weighted by Crippen LogP contribution is -2.45. The van der Waals surface area contributed by atoms with E-state index in [1.807, 2.05) is 42.5 Å². The molecule has 4 rings (SSSR count). The van der Waals surface area contributed by atoms with Gasteiger partial charge in [-0.05, 0) is 23.3 Å². The number of anilines is 1. The summed E-state index contributed by atoms with van der Waals surface area (Å²) in [6, 6.07) is 21.8. The van der Waals surface area contributed by atoms with Crippen molar-refractivity contribution in [1.29, 1.82) is 0 Å². The Morgan fingerprint density at radius 2 is 1.77 bits per heavy atom. The molecule has 1 heterocycles. The molecule has 0 spiro atoms. The Morgan fingerprint density at radius 1 is 1.03 bits per heavy atom. The van der Waals surface area contributed by atoms with Gasteiger partial charge in [-0.25, -0.2) is 0 Å². The second-order valence-electron chi connectivity index (χ2n) is 7.09. The topological polar surface area (TPSA) is 92.5 Å². The van der Waals surface area contributed by atoms with Gasteiger partial charge in [0.25, 0.3) is 11.6 Å². The molecule has 7 nitrogen and oxygen atoms in total. The zero-order chi connectivity index (χ0) is 21.1. The van der Waals surface area contributed by atoms with Crippen molar-refractivity contribution < 1.29 is 14.5 Å². The summed E-state index contributed by atoms with van der Waals surface area (Å²) in [6.07, 6.45) is 0.335. The largest absolute Gasteiger partial charge is 0.324 e. The molecule has 3 aromatic rings.